The number of piperazine rings is 1. The molecule has 2 unspecified atom stereocenters. The van der Waals surface area contributed by atoms with Crippen LogP contribution in [-0.4, -0.2) is 67.8 Å². The average molecular weight is 598 g/mol. The molecule has 5 rings (SSSR count). The van der Waals surface area contributed by atoms with E-state index < -0.39 is 0 Å². The van der Waals surface area contributed by atoms with E-state index in [9.17, 15) is 9.59 Å². The summed E-state index contributed by atoms with van der Waals surface area (Å²) in [6.45, 7) is 6.23. The SMILES string of the molecule is CN1CCNC(=O)C1.COc1ccc(C2=NC(c3ccc(Cl)cc3)C(c3ccc(Cl)cc3)N2C=O)c(OC(C)C)c1. The molecule has 0 aromatic heterocycles. The molecule has 2 amide bonds. The van der Waals surface area contributed by atoms with Crippen LogP contribution in [0.1, 0.15) is 42.6 Å². The topological polar surface area (TPSA) is 83.5 Å². The highest BCUT2D eigenvalue weighted by Crippen LogP contribution is 2.44. The van der Waals surface area contributed by atoms with Crippen molar-refractivity contribution in [2.45, 2.75) is 32.0 Å². The average Bonchev–Trinajstić information content (AvgIpc) is 3.33. The van der Waals surface area contributed by atoms with Crippen molar-refractivity contribution < 1.29 is 19.1 Å². The summed E-state index contributed by atoms with van der Waals surface area (Å²) in [7, 11) is 3.55. The van der Waals surface area contributed by atoms with Gasteiger partial charge >= 0.3 is 0 Å². The fourth-order valence-corrected chi connectivity index (χ4v) is 4.98. The highest BCUT2D eigenvalue weighted by Gasteiger charge is 2.39. The molecule has 0 saturated carbocycles. The summed E-state index contributed by atoms with van der Waals surface area (Å²) in [5, 5.41) is 4.00. The number of hydrogen-bond acceptors (Lipinski definition) is 6. The summed E-state index contributed by atoms with van der Waals surface area (Å²) in [5.74, 6) is 1.93. The van der Waals surface area contributed by atoms with Crippen molar-refractivity contribution in [1.29, 1.82) is 0 Å². The van der Waals surface area contributed by atoms with Gasteiger partial charge in [-0.05, 0) is 68.4 Å². The van der Waals surface area contributed by atoms with Gasteiger partial charge in [0.15, 0.2) is 0 Å². The van der Waals surface area contributed by atoms with E-state index in [2.05, 4.69) is 5.32 Å². The lowest BCUT2D eigenvalue weighted by Crippen LogP contribution is -2.45. The molecule has 0 aliphatic carbocycles. The second-order valence-corrected chi connectivity index (χ2v) is 10.9. The molecule has 2 aliphatic rings. The Morgan fingerprint density at radius 2 is 1.63 bits per heavy atom. The molecule has 3 aromatic carbocycles. The van der Waals surface area contributed by atoms with Crippen molar-refractivity contribution in [3.8, 4) is 11.5 Å². The largest absolute Gasteiger partial charge is 0.497 e. The van der Waals surface area contributed by atoms with Gasteiger partial charge in [-0.2, -0.15) is 0 Å². The molecule has 0 spiro atoms. The Kier molecular flexibility index (Phi) is 10.3. The number of benzene rings is 3. The van der Waals surface area contributed by atoms with E-state index in [-0.39, 0.29) is 24.1 Å². The molecule has 2 heterocycles. The zero-order valence-corrected chi connectivity index (χ0v) is 25.0. The van der Waals surface area contributed by atoms with Crippen molar-refractivity contribution in [2.75, 3.05) is 33.8 Å². The first kappa shape index (κ1) is 30.4. The van der Waals surface area contributed by atoms with E-state index in [4.69, 9.17) is 37.7 Å². The summed E-state index contributed by atoms with van der Waals surface area (Å²) >= 11 is 12.2. The Bertz CT molecular complexity index is 1380. The van der Waals surface area contributed by atoms with E-state index >= 15 is 0 Å². The van der Waals surface area contributed by atoms with E-state index in [1.54, 1.807) is 12.0 Å². The van der Waals surface area contributed by atoms with Crippen molar-refractivity contribution in [3.05, 3.63) is 93.5 Å². The Labute approximate surface area is 250 Å². The third kappa shape index (κ3) is 7.58. The molecule has 3 aromatic rings. The van der Waals surface area contributed by atoms with Gasteiger partial charge in [0, 0.05) is 29.2 Å². The normalized spacial score (nSPS) is 18.8. The number of rotatable bonds is 7. The van der Waals surface area contributed by atoms with E-state index in [1.165, 1.54) is 0 Å². The highest BCUT2D eigenvalue weighted by molar-refractivity contribution is 6.30. The number of likely N-dealkylation sites (N-methyl/N-ethyl adjacent to an activating group) is 1. The van der Waals surface area contributed by atoms with Crippen molar-refractivity contribution >= 4 is 41.4 Å². The lowest BCUT2D eigenvalue weighted by atomic mass is 9.94. The number of nitrogens with one attached hydrogen (secondary N) is 1. The number of ether oxygens (including phenoxy) is 2. The van der Waals surface area contributed by atoms with Crippen LogP contribution in [0.3, 0.4) is 0 Å². The number of carbonyl (C=O) groups excluding carboxylic acids is 2. The van der Waals surface area contributed by atoms with Crippen LogP contribution in [0, 0.1) is 0 Å². The van der Waals surface area contributed by atoms with Crippen molar-refractivity contribution in [3.63, 3.8) is 0 Å². The Morgan fingerprint density at radius 3 is 2.15 bits per heavy atom. The van der Waals surface area contributed by atoms with Crippen LogP contribution in [-0.2, 0) is 9.59 Å². The zero-order valence-electron chi connectivity index (χ0n) is 23.5. The first-order valence-corrected chi connectivity index (χ1v) is 14.1. The number of carbonyl (C=O) groups is 2. The molecule has 41 heavy (non-hydrogen) atoms. The lowest BCUT2D eigenvalue weighted by Gasteiger charge is -2.27. The maximum absolute atomic E-state index is 12.5. The number of halogens is 2. The minimum absolute atomic E-state index is 0.0679. The number of amidine groups is 1. The van der Waals surface area contributed by atoms with Gasteiger partial charge in [-0.25, -0.2) is 0 Å². The van der Waals surface area contributed by atoms with Crippen LogP contribution < -0.4 is 14.8 Å². The van der Waals surface area contributed by atoms with Crippen LogP contribution in [0.25, 0.3) is 0 Å². The predicted octanol–water partition coefficient (Wildman–Crippen LogP) is 5.54. The summed E-state index contributed by atoms with van der Waals surface area (Å²) in [6.07, 6.45) is 0.749. The predicted molar refractivity (Wildman–Crippen MR) is 162 cm³/mol. The summed E-state index contributed by atoms with van der Waals surface area (Å²) in [4.78, 5) is 31.7. The molecule has 1 N–H and O–H groups in total. The van der Waals surface area contributed by atoms with E-state index in [0.717, 1.165) is 30.6 Å². The minimum atomic E-state index is -0.357. The number of methoxy groups -OCH3 is 1. The maximum atomic E-state index is 12.5. The molecule has 1 saturated heterocycles. The first-order chi connectivity index (χ1) is 19.7. The smallest absolute Gasteiger partial charge is 0.234 e. The molecular weight excluding hydrogens is 563 g/mol. The molecule has 8 nitrogen and oxygen atoms in total. The third-order valence-electron chi connectivity index (χ3n) is 6.66. The Hall–Kier alpha value is -3.59. The quantitative estimate of drug-likeness (QED) is 0.362. The van der Waals surface area contributed by atoms with Crippen LogP contribution >= 0.6 is 23.2 Å². The molecule has 0 bridgehead atoms. The molecule has 2 aliphatic heterocycles. The number of nitrogens with zero attached hydrogens (tertiary/aromatic N) is 3. The van der Waals surface area contributed by atoms with Gasteiger partial charge in [-0.1, -0.05) is 47.5 Å². The lowest BCUT2D eigenvalue weighted by molar-refractivity contribution is -0.123. The van der Waals surface area contributed by atoms with Crippen LogP contribution in [0.15, 0.2) is 71.7 Å². The number of hydrogen-bond donors (Lipinski definition) is 1. The fourth-order valence-electron chi connectivity index (χ4n) is 4.73. The summed E-state index contributed by atoms with van der Waals surface area (Å²) in [6, 6.07) is 19.8. The van der Waals surface area contributed by atoms with Crippen LogP contribution in [0.5, 0.6) is 11.5 Å². The molecule has 0 radical (unpaired) electrons. The van der Waals surface area contributed by atoms with Gasteiger partial charge in [0.25, 0.3) is 0 Å². The molecular formula is C31H34Cl2N4O4. The Balaban J connectivity index is 0.000000417. The number of amides is 2. The molecule has 216 valence electrons. The molecule has 10 heteroatoms. The second-order valence-electron chi connectivity index (χ2n) is 10.1. The Morgan fingerprint density at radius 1 is 1.00 bits per heavy atom. The van der Waals surface area contributed by atoms with Crippen molar-refractivity contribution in [2.24, 2.45) is 4.99 Å². The second kappa shape index (κ2) is 13.9. The van der Waals surface area contributed by atoms with E-state index in [0.29, 0.717) is 39.5 Å². The van der Waals surface area contributed by atoms with Crippen LogP contribution in [0.2, 0.25) is 10.0 Å². The summed E-state index contributed by atoms with van der Waals surface area (Å²) < 4.78 is 11.5. The molecule has 2 atom stereocenters. The monoisotopic (exact) mass is 596 g/mol. The van der Waals surface area contributed by atoms with Gasteiger partial charge in [-0.3, -0.25) is 24.4 Å². The van der Waals surface area contributed by atoms with E-state index in [1.807, 2.05) is 92.5 Å². The van der Waals surface area contributed by atoms with Gasteiger partial charge in [0.2, 0.25) is 12.3 Å². The standard InChI is InChI=1S/C26H24Cl2N2O3.C5H10N2O/c1-16(2)33-23-14-21(32-3)12-13-22(23)26-29-24(17-4-8-19(27)9-5-17)25(30(26)15-31)18-6-10-20(28)11-7-18;1-7-3-2-6-5(8)4-7/h4-16,24-25H,1-3H3;2-4H2,1H3,(H,6,8). The van der Waals surface area contributed by atoms with Crippen molar-refractivity contribution in [1.82, 2.24) is 15.1 Å². The summed E-state index contributed by atoms with van der Waals surface area (Å²) in [5.41, 5.74) is 2.58. The van der Waals surface area contributed by atoms with Gasteiger partial charge in [0.05, 0.1) is 31.4 Å². The maximum Gasteiger partial charge on any atom is 0.234 e. The third-order valence-corrected chi connectivity index (χ3v) is 7.17. The molecule has 1 fully saturated rings. The van der Waals surface area contributed by atoms with Gasteiger partial charge < -0.3 is 14.8 Å². The van der Waals surface area contributed by atoms with Gasteiger partial charge in [0.1, 0.15) is 23.4 Å². The number of aliphatic imine (C=N–C) groups is 1. The first-order valence-electron chi connectivity index (χ1n) is 13.3. The fraction of sp³-hybridized carbons (Fsp3) is 0.323. The highest BCUT2D eigenvalue weighted by atomic mass is 35.5. The zero-order chi connectivity index (χ0) is 29.5. The van der Waals surface area contributed by atoms with Crippen LogP contribution in [0.4, 0.5) is 0 Å². The van der Waals surface area contributed by atoms with Gasteiger partial charge in [-0.15, -0.1) is 0 Å². The minimum Gasteiger partial charge on any atom is -0.497 e.